The predicted molar refractivity (Wildman–Crippen MR) is 66.4 cm³/mol. The van der Waals surface area contributed by atoms with Gasteiger partial charge in [0.05, 0.1) is 32.5 Å². The first-order valence-electron chi connectivity index (χ1n) is 6.97. The molecule has 3 fully saturated rings. The summed E-state index contributed by atoms with van der Waals surface area (Å²) in [6.45, 7) is 3.85. The third kappa shape index (κ3) is 2.60. The Hall–Kier alpha value is -1.14. The van der Waals surface area contributed by atoms with Crippen molar-refractivity contribution in [3.8, 4) is 0 Å². The number of ether oxygens (including phenoxy) is 2. The molecule has 19 heavy (non-hydrogen) atoms. The van der Waals surface area contributed by atoms with Crippen LogP contribution < -0.4 is 5.32 Å². The van der Waals surface area contributed by atoms with Gasteiger partial charge < -0.3 is 19.7 Å². The zero-order valence-corrected chi connectivity index (χ0v) is 11.1. The van der Waals surface area contributed by atoms with Crippen molar-refractivity contribution in [2.45, 2.75) is 38.0 Å². The minimum Gasteiger partial charge on any atom is -0.376 e. The highest BCUT2D eigenvalue weighted by molar-refractivity contribution is 5.97. The highest BCUT2D eigenvalue weighted by Crippen LogP contribution is 2.35. The molecule has 3 atom stereocenters. The van der Waals surface area contributed by atoms with E-state index in [1.165, 1.54) is 0 Å². The number of amides is 2. The fourth-order valence-electron chi connectivity index (χ4n) is 2.71. The molecular weight excluding hydrogens is 248 g/mol. The lowest BCUT2D eigenvalue weighted by Gasteiger charge is -2.39. The van der Waals surface area contributed by atoms with Gasteiger partial charge in [0.25, 0.3) is 0 Å². The highest BCUT2D eigenvalue weighted by Gasteiger charge is 2.46. The second kappa shape index (κ2) is 5.09. The molecule has 3 unspecified atom stereocenters. The van der Waals surface area contributed by atoms with Crippen LogP contribution in [0.25, 0.3) is 0 Å². The van der Waals surface area contributed by atoms with Crippen molar-refractivity contribution in [1.82, 2.24) is 10.2 Å². The summed E-state index contributed by atoms with van der Waals surface area (Å²) in [5.41, 5.74) is 0. The third-order valence-electron chi connectivity index (χ3n) is 4.07. The molecule has 3 rings (SSSR count). The van der Waals surface area contributed by atoms with Crippen LogP contribution in [0.5, 0.6) is 0 Å². The van der Waals surface area contributed by atoms with Crippen molar-refractivity contribution < 1.29 is 19.1 Å². The monoisotopic (exact) mass is 268 g/mol. The molecule has 3 aliphatic rings. The summed E-state index contributed by atoms with van der Waals surface area (Å²) in [4.78, 5) is 26.1. The lowest BCUT2D eigenvalue weighted by Crippen LogP contribution is -2.64. The molecule has 1 saturated carbocycles. The lowest BCUT2D eigenvalue weighted by atomic mass is 10.0. The van der Waals surface area contributed by atoms with Crippen LogP contribution in [0.1, 0.15) is 19.8 Å². The molecule has 0 spiro atoms. The largest absolute Gasteiger partial charge is 0.376 e. The maximum atomic E-state index is 12.5. The Balaban J connectivity index is 1.68. The molecule has 0 aromatic heterocycles. The molecule has 0 radical (unpaired) electrons. The van der Waals surface area contributed by atoms with Crippen LogP contribution in [0.15, 0.2) is 0 Å². The second-order valence-electron chi connectivity index (χ2n) is 5.56. The van der Waals surface area contributed by atoms with Crippen molar-refractivity contribution >= 4 is 11.8 Å². The molecule has 0 bridgehead atoms. The minimum absolute atomic E-state index is 0.0313. The fraction of sp³-hybridized carbons (Fsp3) is 0.846. The highest BCUT2D eigenvalue weighted by atomic mass is 16.6. The van der Waals surface area contributed by atoms with Gasteiger partial charge in [-0.3, -0.25) is 9.59 Å². The Labute approximate surface area is 112 Å². The lowest BCUT2D eigenvalue weighted by molar-refractivity contribution is -0.155. The van der Waals surface area contributed by atoms with Crippen LogP contribution in [-0.2, 0) is 19.1 Å². The Morgan fingerprint density at radius 3 is 2.74 bits per heavy atom. The van der Waals surface area contributed by atoms with E-state index in [-0.39, 0.29) is 24.0 Å². The van der Waals surface area contributed by atoms with Crippen LogP contribution in [-0.4, -0.2) is 61.3 Å². The number of rotatable bonds is 3. The first-order valence-corrected chi connectivity index (χ1v) is 6.97. The Morgan fingerprint density at radius 2 is 2.11 bits per heavy atom. The molecule has 0 aromatic carbocycles. The average molecular weight is 268 g/mol. The van der Waals surface area contributed by atoms with Gasteiger partial charge in [-0.2, -0.15) is 0 Å². The topological polar surface area (TPSA) is 67.9 Å². The minimum atomic E-state index is -0.423. The van der Waals surface area contributed by atoms with E-state index in [0.29, 0.717) is 32.3 Å². The summed E-state index contributed by atoms with van der Waals surface area (Å²) in [7, 11) is 0. The van der Waals surface area contributed by atoms with Crippen LogP contribution in [0, 0.1) is 5.92 Å². The zero-order chi connectivity index (χ0) is 13.4. The first kappa shape index (κ1) is 12.9. The van der Waals surface area contributed by atoms with Gasteiger partial charge in [-0.25, -0.2) is 0 Å². The first-order chi connectivity index (χ1) is 9.16. The average Bonchev–Trinajstić information content (AvgIpc) is 3.24. The second-order valence-corrected chi connectivity index (χ2v) is 5.56. The normalized spacial score (nSPS) is 36.3. The molecule has 2 aliphatic heterocycles. The van der Waals surface area contributed by atoms with Gasteiger partial charge in [0.15, 0.2) is 0 Å². The SMILES string of the molecule is CC1C(=O)NC(C2CC2)C(=O)N1CC1COCCO1. The van der Waals surface area contributed by atoms with Crippen LogP contribution in [0.2, 0.25) is 0 Å². The van der Waals surface area contributed by atoms with E-state index in [1.54, 1.807) is 11.8 Å². The zero-order valence-electron chi connectivity index (χ0n) is 11.1. The molecule has 1 aliphatic carbocycles. The van der Waals surface area contributed by atoms with E-state index in [1.807, 2.05) is 0 Å². The summed E-state index contributed by atoms with van der Waals surface area (Å²) in [5.74, 6) is 0.298. The van der Waals surface area contributed by atoms with E-state index in [2.05, 4.69) is 5.32 Å². The summed E-state index contributed by atoms with van der Waals surface area (Å²) in [6.07, 6.45) is 1.94. The molecule has 2 amide bonds. The molecule has 6 nitrogen and oxygen atoms in total. The number of carbonyl (C=O) groups is 2. The van der Waals surface area contributed by atoms with Gasteiger partial charge in [0.2, 0.25) is 11.8 Å². The van der Waals surface area contributed by atoms with Crippen molar-refractivity contribution in [1.29, 1.82) is 0 Å². The van der Waals surface area contributed by atoms with E-state index < -0.39 is 6.04 Å². The van der Waals surface area contributed by atoms with Gasteiger partial charge in [0, 0.05) is 0 Å². The summed E-state index contributed by atoms with van der Waals surface area (Å²) in [6, 6.07) is -0.749. The van der Waals surface area contributed by atoms with Gasteiger partial charge in [-0.1, -0.05) is 0 Å². The number of hydrogen-bond donors (Lipinski definition) is 1. The number of hydrogen-bond acceptors (Lipinski definition) is 4. The number of piperazine rings is 1. The maximum Gasteiger partial charge on any atom is 0.246 e. The predicted octanol–water partition coefficient (Wildman–Crippen LogP) is -0.473. The molecule has 6 heteroatoms. The molecule has 1 N–H and O–H groups in total. The summed E-state index contributed by atoms with van der Waals surface area (Å²) in [5, 5.41) is 2.84. The van der Waals surface area contributed by atoms with Gasteiger partial charge in [-0.15, -0.1) is 0 Å². The third-order valence-corrected chi connectivity index (χ3v) is 4.07. The van der Waals surface area contributed by atoms with E-state index >= 15 is 0 Å². The van der Waals surface area contributed by atoms with Crippen LogP contribution in [0.4, 0.5) is 0 Å². The van der Waals surface area contributed by atoms with E-state index in [4.69, 9.17) is 9.47 Å². The standard InChI is InChI=1S/C13H20N2O4/c1-8-12(16)14-11(9-2-3-9)13(17)15(8)6-10-7-18-4-5-19-10/h8-11H,2-7H2,1H3,(H,14,16). The number of carbonyl (C=O) groups excluding carboxylic acids is 2. The molecule has 2 saturated heterocycles. The van der Waals surface area contributed by atoms with E-state index in [0.717, 1.165) is 12.8 Å². The molecule has 106 valence electrons. The van der Waals surface area contributed by atoms with Crippen molar-refractivity contribution in [2.24, 2.45) is 5.92 Å². The van der Waals surface area contributed by atoms with Crippen molar-refractivity contribution in [3.05, 3.63) is 0 Å². The van der Waals surface area contributed by atoms with Crippen LogP contribution >= 0.6 is 0 Å². The van der Waals surface area contributed by atoms with Gasteiger partial charge >= 0.3 is 0 Å². The summed E-state index contributed by atoms with van der Waals surface area (Å²) < 4.78 is 10.9. The van der Waals surface area contributed by atoms with Gasteiger partial charge in [-0.05, 0) is 25.7 Å². The Kier molecular flexibility index (Phi) is 3.45. The molecular formula is C13H20N2O4. The Bertz CT molecular complexity index is 377. The van der Waals surface area contributed by atoms with Crippen molar-refractivity contribution in [3.63, 3.8) is 0 Å². The van der Waals surface area contributed by atoms with Crippen LogP contribution in [0.3, 0.4) is 0 Å². The fourth-order valence-corrected chi connectivity index (χ4v) is 2.71. The smallest absolute Gasteiger partial charge is 0.246 e. The number of nitrogens with zero attached hydrogens (tertiary/aromatic N) is 1. The van der Waals surface area contributed by atoms with Crippen molar-refractivity contribution in [2.75, 3.05) is 26.4 Å². The quantitative estimate of drug-likeness (QED) is 0.751. The molecule has 0 aromatic rings. The molecule has 2 heterocycles. The van der Waals surface area contributed by atoms with Gasteiger partial charge in [0.1, 0.15) is 12.1 Å². The van der Waals surface area contributed by atoms with E-state index in [9.17, 15) is 9.59 Å². The number of nitrogens with one attached hydrogen (secondary N) is 1. The Morgan fingerprint density at radius 1 is 1.32 bits per heavy atom. The maximum absolute atomic E-state index is 12.5. The summed E-state index contributed by atoms with van der Waals surface area (Å²) >= 11 is 0.